The van der Waals surface area contributed by atoms with E-state index < -0.39 is 47.8 Å². The summed E-state index contributed by atoms with van der Waals surface area (Å²) in [7, 11) is 0. The fraction of sp³-hybridized carbons (Fsp3) is 0.370. The van der Waals surface area contributed by atoms with E-state index in [-0.39, 0.29) is 46.2 Å². The number of pyridine rings is 2. The maximum atomic E-state index is 13.6. The first-order valence-electron chi connectivity index (χ1n) is 12.9. The topological polar surface area (TPSA) is 162 Å². The summed E-state index contributed by atoms with van der Waals surface area (Å²) in [6, 6.07) is 6.30. The lowest BCUT2D eigenvalue weighted by molar-refractivity contribution is -0.285. The number of rotatable bonds is 8. The molecule has 4 aromatic heterocycles. The number of carbonyl (C=O) groups is 2. The molecule has 5 rings (SSSR count). The molecule has 43 heavy (non-hydrogen) atoms. The highest BCUT2D eigenvalue weighted by atomic mass is 19.4. The number of hydrogen-bond donors (Lipinski definition) is 3. The molecule has 1 atom stereocenters. The van der Waals surface area contributed by atoms with Gasteiger partial charge in [0.2, 0.25) is 5.91 Å². The molecule has 1 aliphatic rings. The van der Waals surface area contributed by atoms with Crippen molar-refractivity contribution in [2.45, 2.75) is 57.7 Å². The van der Waals surface area contributed by atoms with Crippen molar-refractivity contribution in [1.82, 2.24) is 29.7 Å². The molecule has 4 N–H and O–H groups in total. The van der Waals surface area contributed by atoms with Crippen molar-refractivity contribution in [3.8, 4) is 11.5 Å². The Hall–Kier alpha value is -4.76. The zero-order valence-corrected chi connectivity index (χ0v) is 23.0. The SMILES string of the molecule is CC(C)(Cc1ccc([C@]2(C)C(=O)Nc3nc(-c4nn(CCC(F)(F)C(F)(F)F)c5ncccc45)nc(N)c32)nc1)C(=O)O. The first-order chi connectivity index (χ1) is 20.0. The van der Waals surface area contributed by atoms with Gasteiger partial charge in [-0.15, -0.1) is 0 Å². The zero-order chi connectivity index (χ0) is 31.5. The maximum absolute atomic E-state index is 13.6. The van der Waals surface area contributed by atoms with E-state index in [1.807, 2.05) is 0 Å². The summed E-state index contributed by atoms with van der Waals surface area (Å²) in [6.45, 7) is 3.94. The number of amides is 1. The molecule has 11 nitrogen and oxygen atoms in total. The molecule has 0 radical (unpaired) electrons. The van der Waals surface area contributed by atoms with Crippen molar-refractivity contribution >= 4 is 34.5 Å². The summed E-state index contributed by atoms with van der Waals surface area (Å²) >= 11 is 0. The maximum Gasteiger partial charge on any atom is 0.453 e. The third kappa shape index (κ3) is 4.99. The van der Waals surface area contributed by atoms with Gasteiger partial charge in [-0.2, -0.15) is 27.1 Å². The second kappa shape index (κ2) is 9.91. The van der Waals surface area contributed by atoms with E-state index in [9.17, 15) is 36.6 Å². The van der Waals surface area contributed by atoms with Crippen molar-refractivity contribution in [1.29, 1.82) is 0 Å². The van der Waals surface area contributed by atoms with Crippen molar-refractivity contribution < 1.29 is 36.6 Å². The van der Waals surface area contributed by atoms with Gasteiger partial charge in [-0.25, -0.2) is 19.6 Å². The Balaban J connectivity index is 1.51. The third-order valence-corrected chi connectivity index (χ3v) is 7.46. The van der Waals surface area contributed by atoms with Crippen LogP contribution in [0.3, 0.4) is 0 Å². The van der Waals surface area contributed by atoms with E-state index in [2.05, 4.69) is 30.4 Å². The molecular formula is C27H25F5N8O3. The van der Waals surface area contributed by atoms with Crippen molar-refractivity contribution in [3.63, 3.8) is 0 Å². The number of alkyl halides is 5. The van der Waals surface area contributed by atoms with E-state index in [0.29, 0.717) is 11.3 Å². The number of carbonyl (C=O) groups excluding carboxylic acids is 1. The summed E-state index contributed by atoms with van der Waals surface area (Å²) in [6.07, 6.45) is -4.27. The molecule has 1 amide bonds. The molecule has 0 bridgehead atoms. The van der Waals surface area contributed by atoms with Gasteiger partial charge in [0.1, 0.15) is 22.7 Å². The van der Waals surface area contributed by atoms with Crippen LogP contribution in [0.25, 0.3) is 22.6 Å². The highest BCUT2D eigenvalue weighted by Gasteiger charge is 2.57. The summed E-state index contributed by atoms with van der Waals surface area (Å²) in [5.41, 5.74) is 5.08. The molecule has 0 unspecified atom stereocenters. The number of carboxylic acid groups (broad SMARTS) is 1. The van der Waals surface area contributed by atoms with Crippen LogP contribution in [0.4, 0.5) is 33.6 Å². The van der Waals surface area contributed by atoms with E-state index in [0.717, 1.165) is 4.68 Å². The molecule has 0 saturated heterocycles. The highest BCUT2D eigenvalue weighted by molar-refractivity contribution is 6.09. The minimum Gasteiger partial charge on any atom is -0.481 e. The van der Waals surface area contributed by atoms with Crippen LogP contribution in [0.5, 0.6) is 0 Å². The van der Waals surface area contributed by atoms with E-state index in [1.54, 1.807) is 32.9 Å². The van der Waals surface area contributed by atoms with Crippen LogP contribution in [0.1, 0.15) is 44.0 Å². The van der Waals surface area contributed by atoms with Crippen LogP contribution in [0.15, 0.2) is 36.7 Å². The van der Waals surface area contributed by atoms with Gasteiger partial charge in [0, 0.05) is 25.4 Å². The smallest absolute Gasteiger partial charge is 0.453 e. The Morgan fingerprint density at radius 2 is 1.84 bits per heavy atom. The van der Waals surface area contributed by atoms with Gasteiger partial charge in [0.15, 0.2) is 11.5 Å². The average Bonchev–Trinajstić information content (AvgIpc) is 3.42. The normalized spacial score (nSPS) is 17.3. The molecule has 0 saturated carbocycles. The number of halogens is 5. The summed E-state index contributed by atoms with van der Waals surface area (Å²) in [4.78, 5) is 42.0. The van der Waals surface area contributed by atoms with Crippen LogP contribution in [0, 0.1) is 5.41 Å². The van der Waals surface area contributed by atoms with Gasteiger partial charge >= 0.3 is 18.1 Å². The number of hydrogen-bond acceptors (Lipinski definition) is 8. The van der Waals surface area contributed by atoms with Crippen LogP contribution in [-0.4, -0.2) is 58.8 Å². The van der Waals surface area contributed by atoms with E-state index in [4.69, 9.17) is 5.73 Å². The van der Waals surface area contributed by atoms with Crippen LogP contribution < -0.4 is 11.1 Å². The van der Waals surface area contributed by atoms with Crippen molar-refractivity contribution in [2.75, 3.05) is 11.1 Å². The van der Waals surface area contributed by atoms with Gasteiger partial charge in [-0.3, -0.25) is 14.6 Å². The lowest BCUT2D eigenvalue weighted by Crippen LogP contribution is -2.37. The lowest BCUT2D eigenvalue weighted by atomic mass is 9.80. The minimum atomic E-state index is -5.72. The number of nitrogen functional groups attached to an aromatic ring is 1. The lowest BCUT2D eigenvalue weighted by Gasteiger charge is -2.23. The summed E-state index contributed by atoms with van der Waals surface area (Å²) in [5, 5.41) is 16.5. The first kappa shape index (κ1) is 29.7. The molecule has 1 aliphatic heterocycles. The number of carboxylic acids is 1. The van der Waals surface area contributed by atoms with Crippen LogP contribution in [0.2, 0.25) is 0 Å². The Labute approximate surface area is 240 Å². The quantitative estimate of drug-likeness (QED) is 0.248. The Morgan fingerprint density at radius 3 is 2.47 bits per heavy atom. The predicted molar refractivity (Wildman–Crippen MR) is 143 cm³/mol. The standard InChI is InChI=1S/C27H25F5N8O3/c1-24(2,23(42)43)11-13-6-7-15(35-12-13)25(3)16-18(33)36-20(37-19(16)38-22(25)41)17-14-5-4-9-34-21(14)40(39-17)10-8-26(28,29)27(30,31)32/h4-7,9,12H,8,10-11H2,1-3H3,(H,42,43)(H3,33,36,37,38,41)/t25-/m0/s1. The largest absolute Gasteiger partial charge is 0.481 e. The van der Waals surface area contributed by atoms with Gasteiger partial charge in [0.05, 0.1) is 22.1 Å². The van der Waals surface area contributed by atoms with E-state index in [1.165, 1.54) is 24.5 Å². The molecule has 5 heterocycles. The number of fused-ring (bicyclic) bond motifs is 2. The average molecular weight is 605 g/mol. The minimum absolute atomic E-state index is 0.0132. The second-order valence-corrected chi connectivity index (χ2v) is 11.1. The molecular weight excluding hydrogens is 579 g/mol. The number of aryl methyl sites for hydroxylation is 1. The molecule has 0 aromatic carbocycles. The van der Waals surface area contributed by atoms with Gasteiger partial charge in [-0.1, -0.05) is 6.07 Å². The number of aromatic nitrogens is 6. The summed E-state index contributed by atoms with van der Waals surface area (Å²) < 4.78 is 66.4. The number of nitrogens with one attached hydrogen (secondary N) is 1. The Morgan fingerprint density at radius 1 is 1.12 bits per heavy atom. The predicted octanol–water partition coefficient (Wildman–Crippen LogP) is 4.36. The summed E-state index contributed by atoms with van der Waals surface area (Å²) in [5.74, 6) is -6.61. The molecule has 4 aromatic rings. The molecule has 226 valence electrons. The second-order valence-electron chi connectivity index (χ2n) is 11.1. The Bertz CT molecular complexity index is 1750. The molecule has 0 spiro atoms. The van der Waals surface area contributed by atoms with Gasteiger partial charge in [-0.05, 0) is 51.0 Å². The van der Waals surface area contributed by atoms with Crippen LogP contribution in [-0.2, 0) is 28.0 Å². The first-order valence-corrected chi connectivity index (χ1v) is 12.9. The number of aliphatic carboxylic acids is 1. The van der Waals surface area contributed by atoms with E-state index >= 15 is 0 Å². The van der Waals surface area contributed by atoms with Gasteiger partial charge in [0.25, 0.3) is 0 Å². The molecule has 16 heteroatoms. The fourth-order valence-corrected chi connectivity index (χ4v) is 4.89. The fourth-order valence-electron chi connectivity index (χ4n) is 4.89. The molecule has 0 fully saturated rings. The number of nitrogens with two attached hydrogens (primary N) is 1. The molecule has 0 aliphatic carbocycles. The third-order valence-electron chi connectivity index (χ3n) is 7.46. The van der Waals surface area contributed by atoms with Crippen molar-refractivity contribution in [3.05, 3.63) is 53.5 Å². The van der Waals surface area contributed by atoms with Crippen LogP contribution >= 0.6 is 0 Å². The monoisotopic (exact) mass is 604 g/mol. The Kier molecular flexibility index (Phi) is 6.85. The zero-order valence-electron chi connectivity index (χ0n) is 23.0. The number of anilines is 2. The highest BCUT2D eigenvalue weighted by Crippen LogP contribution is 2.45. The number of nitrogens with zero attached hydrogens (tertiary/aromatic N) is 6. The van der Waals surface area contributed by atoms with Gasteiger partial charge < -0.3 is 16.2 Å². The van der Waals surface area contributed by atoms with Crippen molar-refractivity contribution in [2.24, 2.45) is 5.41 Å².